The number of amides is 1. The summed E-state index contributed by atoms with van der Waals surface area (Å²) in [7, 11) is 1.88. The first-order chi connectivity index (χ1) is 10.5. The van der Waals surface area contributed by atoms with Crippen LogP contribution in [0.5, 0.6) is 0 Å². The van der Waals surface area contributed by atoms with Crippen molar-refractivity contribution in [2.75, 3.05) is 5.32 Å². The molecular formula is C17H17N3O2. The number of carbonyl (C=O) groups excluding carboxylic acids is 1. The third-order valence-electron chi connectivity index (χ3n) is 4.02. The lowest BCUT2D eigenvalue weighted by atomic mass is 10.1. The van der Waals surface area contributed by atoms with E-state index in [0.717, 1.165) is 22.2 Å². The van der Waals surface area contributed by atoms with Crippen molar-refractivity contribution in [3.8, 4) is 0 Å². The molecule has 22 heavy (non-hydrogen) atoms. The molecule has 0 saturated carbocycles. The summed E-state index contributed by atoms with van der Waals surface area (Å²) in [6, 6.07) is 5.42. The summed E-state index contributed by atoms with van der Waals surface area (Å²) < 4.78 is 6.94. The van der Waals surface area contributed by atoms with Crippen molar-refractivity contribution in [1.82, 2.24) is 9.72 Å². The van der Waals surface area contributed by atoms with Crippen molar-refractivity contribution >= 4 is 28.6 Å². The molecule has 5 heteroatoms. The maximum Gasteiger partial charge on any atom is 0.272 e. The van der Waals surface area contributed by atoms with E-state index in [2.05, 4.69) is 17.1 Å². The highest BCUT2D eigenvalue weighted by molar-refractivity contribution is 6.05. The predicted molar refractivity (Wildman–Crippen MR) is 86.9 cm³/mol. The van der Waals surface area contributed by atoms with Crippen LogP contribution in [-0.2, 0) is 7.05 Å². The summed E-state index contributed by atoms with van der Waals surface area (Å²) >= 11 is 0. The lowest BCUT2D eigenvalue weighted by Crippen LogP contribution is -2.17. The molecular weight excluding hydrogens is 278 g/mol. The normalized spacial score (nSPS) is 10.9. The van der Waals surface area contributed by atoms with Crippen LogP contribution in [0.4, 0.5) is 5.69 Å². The number of anilines is 1. The Morgan fingerprint density at radius 1 is 1.41 bits per heavy atom. The summed E-state index contributed by atoms with van der Waals surface area (Å²) in [6.45, 7) is 7.73. The molecule has 112 valence electrons. The Balaban J connectivity index is 1.96. The molecule has 2 aromatic heterocycles. The van der Waals surface area contributed by atoms with Gasteiger partial charge in [0.15, 0.2) is 5.58 Å². The Morgan fingerprint density at radius 2 is 2.18 bits per heavy atom. The summed E-state index contributed by atoms with van der Waals surface area (Å²) in [6.07, 6.45) is 3.41. The van der Waals surface area contributed by atoms with Gasteiger partial charge in [0.1, 0.15) is 5.69 Å². The largest absolute Gasteiger partial charge is 0.356 e. The molecule has 2 heterocycles. The van der Waals surface area contributed by atoms with Crippen molar-refractivity contribution in [1.29, 1.82) is 0 Å². The van der Waals surface area contributed by atoms with Crippen LogP contribution in [0.15, 0.2) is 35.5 Å². The molecule has 5 nitrogen and oxygen atoms in total. The van der Waals surface area contributed by atoms with Gasteiger partial charge >= 0.3 is 0 Å². The van der Waals surface area contributed by atoms with Gasteiger partial charge in [0.25, 0.3) is 5.91 Å². The predicted octanol–water partition coefficient (Wildman–Crippen LogP) is 3.68. The van der Waals surface area contributed by atoms with Crippen molar-refractivity contribution in [3.05, 3.63) is 53.5 Å². The van der Waals surface area contributed by atoms with Crippen LogP contribution in [0.2, 0.25) is 0 Å². The summed E-state index contributed by atoms with van der Waals surface area (Å²) in [4.78, 5) is 12.6. The fourth-order valence-corrected chi connectivity index (χ4v) is 2.76. The number of hydrogen-bond acceptors (Lipinski definition) is 3. The minimum atomic E-state index is -0.146. The van der Waals surface area contributed by atoms with Crippen LogP contribution in [-0.4, -0.2) is 15.6 Å². The first kappa shape index (κ1) is 14.1. The number of nitrogens with zero attached hydrogens (tertiary/aromatic N) is 2. The topological polar surface area (TPSA) is 60.1 Å². The van der Waals surface area contributed by atoms with E-state index in [1.807, 2.05) is 31.5 Å². The van der Waals surface area contributed by atoms with Gasteiger partial charge in [-0.2, -0.15) is 0 Å². The first-order valence-electron chi connectivity index (χ1n) is 6.97. The second-order valence-corrected chi connectivity index (χ2v) is 5.27. The number of carbonyl (C=O) groups is 1. The van der Waals surface area contributed by atoms with E-state index in [9.17, 15) is 4.79 Å². The highest BCUT2D eigenvalue weighted by Crippen LogP contribution is 2.24. The molecule has 1 N–H and O–H groups in total. The monoisotopic (exact) mass is 295 g/mol. The van der Waals surface area contributed by atoms with E-state index >= 15 is 0 Å². The van der Waals surface area contributed by atoms with Crippen molar-refractivity contribution in [2.45, 2.75) is 13.8 Å². The summed E-state index contributed by atoms with van der Waals surface area (Å²) in [5.41, 5.74) is 4.99. The molecule has 1 amide bonds. The minimum Gasteiger partial charge on any atom is -0.356 e. The Hall–Kier alpha value is -2.82. The molecule has 3 rings (SSSR count). The number of fused-ring (bicyclic) bond motifs is 1. The second kappa shape index (κ2) is 5.18. The fourth-order valence-electron chi connectivity index (χ4n) is 2.76. The molecule has 0 atom stereocenters. The van der Waals surface area contributed by atoms with Crippen LogP contribution >= 0.6 is 0 Å². The SMILES string of the molecule is C=Cc1c(C)c(C(=O)Nc2ccc3oncc3c2)n(C)c1C. The van der Waals surface area contributed by atoms with Crippen molar-refractivity contribution in [2.24, 2.45) is 7.05 Å². The molecule has 0 unspecified atom stereocenters. The average molecular weight is 295 g/mol. The zero-order valence-electron chi connectivity index (χ0n) is 12.8. The number of rotatable bonds is 3. The molecule has 0 radical (unpaired) electrons. The molecule has 0 bridgehead atoms. The Morgan fingerprint density at radius 3 is 2.86 bits per heavy atom. The molecule has 3 aromatic rings. The van der Waals surface area contributed by atoms with E-state index in [-0.39, 0.29) is 5.91 Å². The maximum absolute atomic E-state index is 12.6. The highest BCUT2D eigenvalue weighted by atomic mass is 16.5. The van der Waals surface area contributed by atoms with Crippen LogP contribution in [0.25, 0.3) is 17.0 Å². The number of hydrogen-bond donors (Lipinski definition) is 1. The average Bonchev–Trinajstić information content (AvgIpc) is 3.02. The van der Waals surface area contributed by atoms with Crippen LogP contribution in [0.3, 0.4) is 0 Å². The molecule has 0 saturated heterocycles. The lowest BCUT2D eigenvalue weighted by Gasteiger charge is -2.08. The lowest BCUT2D eigenvalue weighted by molar-refractivity contribution is 0.101. The molecule has 0 aliphatic rings. The van der Waals surface area contributed by atoms with Crippen molar-refractivity contribution < 1.29 is 9.32 Å². The van der Waals surface area contributed by atoms with Crippen LogP contribution < -0.4 is 5.32 Å². The van der Waals surface area contributed by atoms with E-state index in [4.69, 9.17) is 4.52 Å². The maximum atomic E-state index is 12.6. The van der Waals surface area contributed by atoms with Gasteiger partial charge in [0.05, 0.1) is 6.20 Å². The Bertz CT molecular complexity index is 887. The van der Waals surface area contributed by atoms with Gasteiger partial charge in [-0.15, -0.1) is 0 Å². The van der Waals surface area contributed by atoms with E-state index < -0.39 is 0 Å². The van der Waals surface area contributed by atoms with Crippen molar-refractivity contribution in [3.63, 3.8) is 0 Å². The smallest absolute Gasteiger partial charge is 0.272 e. The van der Waals surface area contributed by atoms with Gasteiger partial charge < -0.3 is 14.4 Å². The number of aromatic nitrogens is 2. The van der Waals surface area contributed by atoms with Crippen LogP contribution in [0.1, 0.15) is 27.3 Å². The molecule has 0 aliphatic carbocycles. The first-order valence-corrected chi connectivity index (χ1v) is 6.97. The second-order valence-electron chi connectivity index (χ2n) is 5.27. The number of nitrogens with one attached hydrogen (secondary N) is 1. The highest BCUT2D eigenvalue weighted by Gasteiger charge is 2.19. The molecule has 0 aliphatic heterocycles. The van der Waals surface area contributed by atoms with Gasteiger partial charge in [-0.1, -0.05) is 17.8 Å². The van der Waals surface area contributed by atoms with Gasteiger partial charge in [-0.05, 0) is 43.2 Å². The zero-order chi connectivity index (χ0) is 15.9. The molecule has 1 aromatic carbocycles. The van der Waals surface area contributed by atoms with Gasteiger partial charge in [0, 0.05) is 23.8 Å². The van der Waals surface area contributed by atoms with E-state index in [1.54, 1.807) is 24.4 Å². The van der Waals surface area contributed by atoms with Gasteiger partial charge in [0.2, 0.25) is 0 Å². The van der Waals surface area contributed by atoms with Crippen LogP contribution in [0, 0.1) is 13.8 Å². The third-order valence-corrected chi connectivity index (χ3v) is 4.02. The number of benzene rings is 1. The molecule has 0 fully saturated rings. The fraction of sp³-hybridized carbons (Fsp3) is 0.176. The Kier molecular flexibility index (Phi) is 3.33. The quantitative estimate of drug-likeness (QED) is 0.802. The van der Waals surface area contributed by atoms with Gasteiger partial charge in [-0.3, -0.25) is 4.79 Å². The minimum absolute atomic E-state index is 0.146. The van der Waals surface area contributed by atoms with Gasteiger partial charge in [-0.25, -0.2) is 0 Å². The Labute approximate surface area is 128 Å². The summed E-state index contributed by atoms with van der Waals surface area (Å²) in [5.74, 6) is -0.146. The van der Waals surface area contributed by atoms with E-state index in [0.29, 0.717) is 17.0 Å². The van der Waals surface area contributed by atoms with E-state index in [1.165, 1.54) is 0 Å². The zero-order valence-corrected chi connectivity index (χ0v) is 12.8. The molecule has 0 spiro atoms. The standard InChI is InChI=1S/C17H17N3O2/c1-5-14-10(2)16(20(4)11(14)3)17(21)19-13-6-7-15-12(8-13)9-18-22-15/h5-9H,1H2,2-4H3,(H,19,21). The summed E-state index contributed by atoms with van der Waals surface area (Å²) in [5, 5.41) is 7.51. The third kappa shape index (κ3) is 2.11.